The first-order valence-corrected chi connectivity index (χ1v) is 10.1. The second-order valence-corrected chi connectivity index (χ2v) is 6.94. The third-order valence-electron chi connectivity index (χ3n) is 3.29. The van der Waals surface area contributed by atoms with E-state index < -0.39 is 10.8 Å². The summed E-state index contributed by atoms with van der Waals surface area (Å²) in [6.45, 7) is 7.94. The summed E-state index contributed by atoms with van der Waals surface area (Å²) in [5, 5.41) is 6.44. The Hall–Kier alpha value is -0.670. The van der Waals surface area contributed by atoms with Gasteiger partial charge in [-0.25, -0.2) is 0 Å². The van der Waals surface area contributed by atoms with Crippen molar-refractivity contribution in [3.8, 4) is 0 Å². The molecule has 0 bridgehead atoms. The van der Waals surface area contributed by atoms with Crippen molar-refractivity contribution >= 4 is 40.7 Å². The average molecular weight is 481 g/mol. The normalized spacial score (nSPS) is 12.3. The highest BCUT2D eigenvalue weighted by Crippen LogP contribution is 2.04. The molecule has 7 heteroatoms. The Bertz CT molecular complexity index is 486. The van der Waals surface area contributed by atoms with E-state index in [-0.39, 0.29) is 24.0 Å². The fraction of sp³-hybridized carbons (Fsp3) is 0.611. The maximum absolute atomic E-state index is 12.2. The number of nitrogens with one attached hydrogen (secondary N) is 2. The number of rotatable bonds is 12. The van der Waals surface area contributed by atoms with Crippen LogP contribution in [0, 0.1) is 0 Å². The molecule has 144 valence electrons. The highest BCUT2D eigenvalue weighted by molar-refractivity contribution is 14.0. The Morgan fingerprint density at radius 3 is 2.52 bits per heavy atom. The summed E-state index contributed by atoms with van der Waals surface area (Å²) in [4.78, 5) is 5.38. The van der Waals surface area contributed by atoms with Crippen molar-refractivity contribution in [3.63, 3.8) is 0 Å². The molecule has 0 saturated carbocycles. The summed E-state index contributed by atoms with van der Waals surface area (Å²) in [6, 6.07) is 9.55. The predicted molar refractivity (Wildman–Crippen MR) is 117 cm³/mol. The summed E-state index contributed by atoms with van der Waals surface area (Å²) in [5.41, 5.74) is 0. The van der Waals surface area contributed by atoms with Crippen molar-refractivity contribution in [2.45, 2.75) is 38.0 Å². The number of hydrogen-bond donors (Lipinski definition) is 2. The van der Waals surface area contributed by atoms with Crippen LogP contribution < -0.4 is 10.6 Å². The van der Waals surface area contributed by atoms with E-state index in [0.717, 1.165) is 56.4 Å². The molecule has 0 amide bonds. The molecular formula is C18H32IN3O2S. The standard InChI is InChI=1S/C18H31N3O2S.HI/c1-3-5-14-23-15-9-12-20-18(19-4-2)21-13-16-24(22)17-10-7-6-8-11-17;/h6-8,10-11H,3-5,9,12-16H2,1-2H3,(H2,19,20,21);1H. The lowest BCUT2D eigenvalue weighted by Gasteiger charge is -2.11. The quantitative estimate of drug-likeness (QED) is 0.208. The fourth-order valence-electron chi connectivity index (χ4n) is 2.00. The summed E-state index contributed by atoms with van der Waals surface area (Å²) in [5.74, 6) is 1.34. The zero-order valence-electron chi connectivity index (χ0n) is 15.3. The lowest BCUT2D eigenvalue weighted by Crippen LogP contribution is -2.39. The second kappa shape index (κ2) is 16.8. The molecule has 0 aliphatic rings. The minimum absolute atomic E-state index is 0. The van der Waals surface area contributed by atoms with Crippen LogP contribution in [0.3, 0.4) is 0 Å². The summed E-state index contributed by atoms with van der Waals surface area (Å²) >= 11 is 0. The summed E-state index contributed by atoms with van der Waals surface area (Å²) in [6.07, 6.45) is 3.19. The molecule has 0 spiro atoms. The number of aliphatic imine (C=N–C) groups is 1. The number of ether oxygens (including phenoxy) is 1. The number of nitrogens with zero attached hydrogens (tertiary/aromatic N) is 1. The molecule has 0 aliphatic heterocycles. The molecule has 1 aromatic rings. The minimum Gasteiger partial charge on any atom is -0.381 e. The molecule has 1 unspecified atom stereocenters. The van der Waals surface area contributed by atoms with Gasteiger partial charge in [-0.15, -0.1) is 24.0 Å². The Morgan fingerprint density at radius 1 is 1.12 bits per heavy atom. The molecule has 0 fully saturated rings. The molecule has 0 aliphatic carbocycles. The number of guanidine groups is 1. The van der Waals surface area contributed by atoms with Crippen LogP contribution >= 0.6 is 24.0 Å². The van der Waals surface area contributed by atoms with E-state index in [1.807, 2.05) is 37.3 Å². The van der Waals surface area contributed by atoms with Crippen molar-refractivity contribution in [3.05, 3.63) is 30.3 Å². The minimum atomic E-state index is -0.981. The molecule has 0 heterocycles. The van der Waals surface area contributed by atoms with Gasteiger partial charge in [-0.1, -0.05) is 31.5 Å². The molecule has 0 radical (unpaired) electrons. The molecule has 25 heavy (non-hydrogen) atoms. The van der Waals surface area contributed by atoms with E-state index >= 15 is 0 Å². The lowest BCUT2D eigenvalue weighted by molar-refractivity contribution is 0.130. The van der Waals surface area contributed by atoms with Crippen molar-refractivity contribution in [2.75, 3.05) is 38.6 Å². The smallest absolute Gasteiger partial charge is 0.191 e. The largest absolute Gasteiger partial charge is 0.381 e. The zero-order valence-corrected chi connectivity index (χ0v) is 18.5. The van der Waals surface area contributed by atoms with Gasteiger partial charge in [0.15, 0.2) is 5.96 Å². The van der Waals surface area contributed by atoms with Gasteiger partial charge >= 0.3 is 0 Å². The van der Waals surface area contributed by atoms with E-state index in [0.29, 0.717) is 12.3 Å². The predicted octanol–water partition coefficient (Wildman–Crippen LogP) is 3.17. The van der Waals surface area contributed by atoms with E-state index in [9.17, 15) is 4.21 Å². The molecule has 0 aromatic heterocycles. The van der Waals surface area contributed by atoms with Crippen molar-refractivity contribution in [1.82, 2.24) is 10.6 Å². The molecule has 1 aromatic carbocycles. The number of hydrogen-bond acceptors (Lipinski definition) is 3. The summed E-state index contributed by atoms with van der Waals surface area (Å²) in [7, 11) is -0.981. The van der Waals surface area contributed by atoms with Crippen LogP contribution in [0.2, 0.25) is 0 Å². The van der Waals surface area contributed by atoms with Gasteiger partial charge in [0.25, 0.3) is 0 Å². The Balaban J connectivity index is 0.00000576. The van der Waals surface area contributed by atoms with E-state index in [1.165, 1.54) is 0 Å². The number of halogens is 1. The fourth-order valence-corrected chi connectivity index (χ4v) is 2.98. The van der Waals surface area contributed by atoms with Crippen LogP contribution in [0.1, 0.15) is 33.1 Å². The second-order valence-electron chi connectivity index (χ2n) is 5.37. The maximum Gasteiger partial charge on any atom is 0.191 e. The van der Waals surface area contributed by atoms with Gasteiger partial charge in [0.1, 0.15) is 0 Å². The van der Waals surface area contributed by atoms with Crippen molar-refractivity contribution < 1.29 is 8.95 Å². The van der Waals surface area contributed by atoms with Crippen LogP contribution in [0.25, 0.3) is 0 Å². The summed E-state index contributed by atoms with van der Waals surface area (Å²) < 4.78 is 17.7. The van der Waals surface area contributed by atoms with E-state index in [2.05, 4.69) is 22.5 Å². The first-order chi connectivity index (χ1) is 11.8. The van der Waals surface area contributed by atoms with Crippen LogP contribution in [-0.2, 0) is 15.5 Å². The van der Waals surface area contributed by atoms with Gasteiger partial charge in [-0.3, -0.25) is 9.20 Å². The van der Waals surface area contributed by atoms with Gasteiger partial charge in [0.05, 0.1) is 10.8 Å². The van der Waals surface area contributed by atoms with Crippen LogP contribution in [0.5, 0.6) is 0 Å². The maximum atomic E-state index is 12.2. The highest BCUT2D eigenvalue weighted by atomic mass is 127. The molecule has 2 N–H and O–H groups in total. The molecular weight excluding hydrogens is 449 g/mol. The molecule has 1 rings (SSSR count). The Labute approximate surface area is 171 Å². The number of benzene rings is 1. The topological polar surface area (TPSA) is 62.7 Å². The molecule has 0 saturated heterocycles. The van der Waals surface area contributed by atoms with Crippen LogP contribution in [0.4, 0.5) is 0 Å². The highest BCUT2D eigenvalue weighted by Gasteiger charge is 2.03. The monoisotopic (exact) mass is 481 g/mol. The molecule has 1 atom stereocenters. The number of unbranched alkanes of at least 4 members (excludes halogenated alkanes) is 1. The van der Waals surface area contributed by atoms with E-state index in [4.69, 9.17) is 4.74 Å². The Morgan fingerprint density at radius 2 is 1.84 bits per heavy atom. The third kappa shape index (κ3) is 12.3. The Kier molecular flexibility index (Phi) is 16.3. The lowest BCUT2D eigenvalue weighted by atomic mass is 10.4. The first kappa shape index (κ1) is 24.3. The van der Waals surface area contributed by atoms with Gasteiger partial charge in [-0.2, -0.15) is 0 Å². The van der Waals surface area contributed by atoms with Crippen LogP contribution in [0.15, 0.2) is 40.2 Å². The first-order valence-electron chi connectivity index (χ1n) is 8.81. The average Bonchev–Trinajstić information content (AvgIpc) is 2.61. The van der Waals surface area contributed by atoms with Crippen molar-refractivity contribution in [2.24, 2.45) is 4.99 Å². The van der Waals surface area contributed by atoms with Crippen molar-refractivity contribution in [1.29, 1.82) is 0 Å². The van der Waals surface area contributed by atoms with Gasteiger partial charge in [0, 0.05) is 43.5 Å². The third-order valence-corrected chi connectivity index (χ3v) is 4.66. The zero-order chi connectivity index (χ0) is 17.5. The van der Waals surface area contributed by atoms with Gasteiger partial charge in [-0.05, 0) is 31.9 Å². The van der Waals surface area contributed by atoms with E-state index in [1.54, 1.807) is 0 Å². The van der Waals surface area contributed by atoms with Crippen LogP contribution in [-0.4, -0.2) is 48.8 Å². The molecule has 5 nitrogen and oxygen atoms in total. The van der Waals surface area contributed by atoms with Gasteiger partial charge < -0.3 is 15.4 Å². The SMILES string of the molecule is CCCCOCCCN=C(NCC)NCCS(=O)c1ccccc1.I. The van der Waals surface area contributed by atoms with Gasteiger partial charge in [0.2, 0.25) is 0 Å².